The second-order valence-corrected chi connectivity index (χ2v) is 10.6. The Morgan fingerprint density at radius 2 is 1.83 bits per heavy atom. The molecule has 10 heteroatoms. The van der Waals surface area contributed by atoms with Gasteiger partial charge in [-0.25, -0.2) is 18.7 Å². The van der Waals surface area contributed by atoms with Crippen LogP contribution in [0.1, 0.15) is 37.4 Å². The zero-order chi connectivity index (χ0) is 28.7. The number of rotatable bonds is 6. The number of hydrogen-bond donors (Lipinski definition) is 1. The molecule has 1 atom stereocenters. The van der Waals surface area contributed by atoms with Crippen molar-refractivity contribution in [2.24, 2.45) is 5.92 Å². The smallest absolute Gasteiger partial charge is 0.264 e. The SMILES string of the molecule is Cc1c(-c2ccc(Oc3cc(F)cc(F)c3)cc2)c2c(N)ncnc2n1C1CCCN(C(=O)C(C#N)=CC2CC2)C1. The van der Waals surface area contributed by atoms with E-state index in [2.05, 4.69) is 20.6 Å². The van der Waals surface area contributed by atoms with Crippen LogP contribution in [-0.2, 0) is 4.79 Å². The second kappa shape index (κ2) is 10.7. The summed E-state index contributed by atoms with van der Waals surface area (Å²) >= 11 is 0. The number of aromatic nitrogens is 3. The number of benzene rings is 2. The summed E-state index contributed by atoms with van der Waals surface area (Å²) in [5.41, 5.74) is 9.90. The number of likely N-dealkylation sites (tertiary alicyclic amines) is 1. The largest absolute Gasteiger partial charge is 0.457 e. The van der Waals surface area contributed by atoms with Crippen molar-refractivity contribution < 1.29 is 18.3 Å². The molecule has 1 amide bonds. The highest BCUT2D eigenvalue weighted by atomic mass is 19.1. The van der Waals surface area contributed by atoms with Crippen LogP contribution in [0.25, 0.3) is 22.2 Å². The van der Waals surface area contributed by atoms with Gasteiger partial charge in [0.05, 0.1) is 11.4 Å². The zero-order valence-corrected chi connectivity index (χ0v) is 22.5. The molecule has 41 heavy (non-hydrogen) atoms. The van der Waals surface area contributed by atoms with Gasteiger partial charge in [0.2, 0.25) is 0 Å². The number of amides is 1. The third-order valence-corrected chi connectivity index (χ3v) is 7.70. The van der Waals surface area contributed by atoms with Crippen molar-refractivity contribution >= 4 is 22.8 Å². The van der Waals surface area contributed by atoms with Gasteiger partial charge in [-0.05, 0) is 56.2 Å². The van der Waals surface area contributed by atoms with Crippen molar-refractivity contribution in [2.45, 2.75) is 38.6 Å². The monoisotopic (exact) mass is 554 g/mol. The molecule has 0 spiro atoms. The Hall–Kier alpha value is -4.78. The number of hydrogen-bond acceptors (Lipinski definition) is 6. The molecule has 1 aliphatic heterocycles. The van der Waals surface area contributed by atoms with E-state index in [0.717, 1.165) is 60.7 Å². The molecule has 208 valence electrons. The second-order valence-electron chi connectivity index (χ2n) is 10.6. The molecule has 2 aromatic heterocycles. The highest BCUT2D eigenvalue weighted by Gasteiger charge is 2.31. The molecule has 2 fully saturated rings. The molecule has 0 radical (unpaired) electrons. The quantitative estimate of drug-likeness (QED) is 0.228. The molecule has 1 aliphatic carbocycles. The Bertz CT molecular complexity index is 1700. The van der Waals surface area contributed by atoms with Crippen LogP contribution in [0.15, 0.2) is 60.4 Å². The summed E-state index contributed by atoms with van der Waals surface area (Å²) < 4.78 is 35.0. The van der Waals surface area contributed by atoms with Crippen LogP contribution in [0.4, 0.5) is 14.6 Å². The molecular formula is C31H28F2N6O2. The first kappa shape index (κ1) is 26.4. The van der Waals surface area contributed by atoms with E-state index in [-0.39, 0.29) is 23.3 Å². The maximum atomic E-state index is 13.6. The van der Waals surface area contributed by atoms with E-state index in [1.165, 1.54) is 6.33 Å². The maximum Gasteiger partial charge on any atom is 0.264 e. The highest BCUT2D eigenvalue weighted by Crippen LogP contribution is 2.40. The number of halogens is 2. The normalized spacial score (nSPS) is 17.5. The van der Waals surface area contributed by atoms with Gasteiger partial charge in [0.15, 0.2) is 0 Å². The predicted octanol–water partition coefficient (Wildman–Crippen LogP) is 6.08. The fourth-order valence-electron chi connectivity index (χ4n) is 5.66. The van der Waals surface area contributed by atoms with Crippen LogP contribution in [-0.4, -0.2) is 38.4 Å². The zero-order valence-electron chi connectivity index (χ0n) is 22.5. The third kappa shape index (κ3) is 5.23. The van der Waals surface area contributed by atoms with Crippen LogP contribution >= 0.6 is 0 Å². The number of carbonyl (C=O) groups is 1. The van der Waals surface area contributed by atoms with Crippen LogP contribution in [0, 0.1) is 35.8 Å². The van der Waals surface area contributed by atoms with E-state index in [1.807, 2.05) is 25.1 Å². The summed E-state index contributed by atoms with van der Waals surface area (Å²) in [6, 6.07) is 12.2. The van der Waals surface area contributed by atoms with E-state index < -0.39 is 11.6 Å². The Morgan fingerprint density at radius 1 is 1.10 bits per heavy atom. The van der Waals surface area contributed by atoms with Gasteiger partial charge in [-0.15, -0.1) is 0 Å². The first-order valence-electron chi connectivity index (χ1n) is 13.6. The lowest BCUT2D eigenvalue weighted by Gasteiger charge is -2.34. The van der Waals surface area contributed by atoms with Gasteiger partial charge in [-0.1, -0.05) is 18.2 Å². The predicted molar refractivity (Wildman–Crippen MR) is 150 cm³/mol. The fourth-order valence-corrected chi connectivity index (χ4v) is 5.66. The molecule has 8 nitrogen and oxygen atoms in total. The van der Waals surface area contributed by atoms with Crippen LogP contribution < -0.4 is 10.5 Å². The summed E-state index contributed by atoms with van der Waals surface area (Å²) in [6.45, 7) is 3.04. The summed E-state index contributed by atoms with van der Waals surface area (Å²) in [6.07, 6.45) is 6.92. The number of carbonyl (C=O) groups excluding carboxylic acids is 1. The number of anilines is 1. The van der Waals surface area contributed by atoms with Gasteiger partial charge in [0.25, 0.3) is 5.91 Å². The Kier molecular flexibility index (Phi) is 6.87. The van der Waals surface area contributed by atoms with E-state index in [1.54, 1.807) is 17.0 Å². The lowest BCUT2D eigenvalue weighted by Crippen LogP contribution is -2.41. The number of fused-ring (bicyclic) bond motifs is 1. The van der Waals surface area contributed by atoms with Gasteiger partial charge in [-0.2, -0.15) is 5.26 Å². The summed E-state index contributed by atoms with van der Waals surface area (Å²) in [5, 5.41) is 10.3. The van der Waals surface area contributed by atoms with E-state index in [0.29, 0.717) is 41.6 Å². The Balaban J connectivity index is 1.33. The molecule has 0 bridgehead atoms. The molecular weight excluding hydrogens is 526 g/mol. The molecule has 1 unspecified atom stereocenters. The average molecular weight is 555 g/mol. The number of nitrogens with two attached hydrogens (primary N) is 1. The minimum absolute atomic E-state index is 0.0589. The van der Waals surface area contributed by atoms with Gasteiger partial charge >= 0.3 is 0 Å². The molecule has 2 aromatic carbocycles. The number of nitrogen functional groups attached to an aromatic ring is 1. The number of ether oxygens (including phenoxy) is 1. The number of piperidine rings is 1. The van der Waals surface area contributed by atoms with Crippen molar-refractivity contribution in [1.82, 2.24) is 19.4 Å². The molecule has 6 rings (SSSR count). The number of nitrogens with zero attached hydrogens (tertiary/aromatic N) is 5. The van der Waals surface area contributed by atoms with E-state index in [9.17, 15) is 18.8 Å². The number of nitriles is 1. The molecule has 1 saturated heterocycles. The molecule has 4 aromatic rings. The summed E-state index contributed by atoms with van der Waals surface area (Å²) in [5.74, 6) is -0.518. The summed E-state index contributed by atoms with van der Waals surface area (Å²) in [7, 11) is 0. The average Bonchev–Trinajstić information content (AvgIpc) is 3.72. The third-order valence-electron chi connectivity index (χ3n) is 7.70. The summed E-state index contributed by atoms with van der Waals surface area (Å²) in [4.78, 5) is 23.8. The van der Waals surface area contributed by atoms with Crippen LogP contribution in [0.2, 0.25) is 0 Å². The standard InChI is InChI=1S/C31H28F2N6O2/c1-18-27(20-6-8-25(9-7-20)41-26-13-22(32)12-23(33)14-26)28-29(35)36-17-37-30(28)39(18)24-3-2-10-38(16-24)31(40)21(15-34)11-19-4-5-19/h6-9,11-14,17,19,24H,2-5,10,16H2,1H3,(H2,35,36,37). The molecule has 2 N–H and O–H groups in total. The molecule has 3 heterocycles. The minimum Gasteiger partial charge on any atom is -0.457 e. The highest BCUT2D eigenvalue weighted by molar-refractivity contribution is 6.02. The van der Waals surface area contributed by atoms with Crippen molar-refractivity contribution in [1.29, 1.82) is 5.26 Å². The van der Waals surface area contributed by atoms with E-state index >= 15 is 0 Å². The Labute approximate surface area is 235 Å². The van der Waals surface area contributed by atoms with Gasteiger partial charge in [-0.3, -0.25) is 4.79 Å². The minimum atomic E-state index is -0.721. The van der Waals surface area contributed by atoms with Crippen molar-refractivity contribution in [3.05, 3.63) is 77.8 Å². The first-order chi connectivity index (χ1) is 19.8. The Morgan fingerprint density at radius 3 is 2.51 bits per heavy atom. The molecule has 1 saturated carbocycles. The lowest BCUT2D eigenvalue weighted by molar-refractivity contribution is -0.128. The van der Waals surface area contributed by atoms with Crippen molar-refractivity contribution in [3.63, 3.8) is 0 Å². The van der Waals surface area contributed by atoms with Crippen molar-refractivity contribution in [3.8, 4) is 28.7 Å². The van der Waals surface area contributed by atoms with Gasteiger partial charge in [0, 0.05) is 42.5 Å². The fraction of sp³-hybridized carbons (Fsp3) is 0.290. The van der Waals surface area contributed by atoms with Crippen LogP contribution in [0.3, 0.4) is 0 Å². The molecule has 2 aliphatic rings. The van der Waals surface area contributed by atoms with E-state index in [4.69, 9.17) is 10.5 Å². The first-order valence-corrected chi connectivity index (χ1v) is 13.6. The van der Waals surface area contributed by atoms with Crippen molar-refractivity contribution in [2.75, 3.05) is 18.8 Å². The van der Waals surface area contributed by atoms with Crippen LogP contribution in [0.5, 0.6) is 11.5 Å². The van der Waals surface area contributed by atoms with Gasteiger partial charge in [0.1, 0.15) is 52.6 Å². The van der Waals surface area contributed by atoms with Gasteiger partial charge < -0.3 is 19.9 Å². The number of allylic oxidation sites excluding steroid dienone is 1. The lowest BCUT2D eigenvalue weighted by atomic mass is 10.0. The maximum absolute atomic E-state index is 13.6. The topological polar surface area (TPSA) is 110 Å².